The van der Waals surface area contributed by atoms with Crippen molar-refractivity contribution in [1.29, 1.82) is 0 Å². The van der Waals surface area contributed by atoms with E-state index < -0.39 is 12.1 Å². The molecule has 0 aromatic heterocycles. The van der Waals surface area contributed by atoms with Gasteiger partial charge < -0.3 is 15.5 Å². The van der Waals surface area contributed by atoms with Crippen LogP contribution in [0.4, 0.5) is 0 Å². The van der Waals surface area contributed by atoms with Gasteiger partial charge in [-0.2, -0.15) is 0 Å². The molecule has 2 atom stereocenters. The summed E-state index contributed by atoms with van der Waals surface area (Å²) in [6.45, 7) is 4.30. The van der Waals surface area contributed by atoms with E-state index in [0.717, 1.165) is 38.5 Å². The molecule has 0 radical (unpaired) electrons. The van der Waals surface area contributed by atoms with Crippen molar-refractivity contribution in [2.75, 3.05) is 6.61 Å². The van der Waals surface area contributed by atoms with Gasteiger partial charge in [-0.1, -0.05) is 242 Å². The molecule has 0 bridgehead atoms. The van der Waals surface area contributed by atoms with Gasteiger partial charge in [-0.15, -0.1) is 0 Å². The summed E-state index contributed by atoms with van der Waals surface area (Å²) < 4.78 is 0. The first kappa shape index (κ1) is 55.4. The molecule has 57 heavy (non-hydrogen) atoms. The lowest BCUT2D eigenvalue weighted by atomic mass is 10.0. The molecule has 0 spiro atoms. The Morgan fingerprint density at radius 3 is 1.12 bits per heavy atom. The van der Waals surface area contributed by atoms with E-state index in [1.807, 2.05) is 6.08 Å². The summed E-state index contributed by atoms with van der Waals surface area (Å²) in [7, 11) is 0. The van der Waals surface area contributed by atoms with E-state index in [4.69, 9.17) is 0 Å². The molecule has 0 heterocycles. The van der Waals surface area contributed by atoms with Crippen LogP contribution >= 0.6 is 0 Å². The van der Waals surface area contributed by atoms with E-state index in [2.05, 4.69) is 55.6 Å². The average molecular weight is 798 g/mol. The summed E-state index contributed by atoms with van der Waals surface area (Å²) in [5.41, 5.74) is 0. The monoisotopic (exact) mass is 798 g/mol. The van der Waals surface area contributed by atoms with Crippen LogP contribution < -0.4 is 5.32 Å². The zero-order valence-electron chi connectivity index (χ0n) is 38.4. The molecular weight excluding hydrogens is 699 g/mol. The topological polar surface area (TPSA) is 69.6 Å². The second-order valence-corrected chi connectivity index (χ2v) is 17.2. The number of hydrogen-bond acceptors (Lipinski definition) is 3. The van der Waals surface area contributed by atoms with E-state index in [-0.39, 0.29) is 12.5 Å². The minimum absolute atomic E-state index is 0.0720. The number of aliphatic hydroxyl groups excluding tert-OH is 2. The number of hydrogen-bond donors (Lipinski definition) is 3. The number of rotatable bonds is 46. The normalized spacial score (nSPS) is 13.3. The number of aliphatic hydroxyl groups is 2. The lowest BCUT2D eigenvalue weighted by molar-refractivity contribution is -0.123. The number of allylic oxidation sites excluding steroid dienone is 7. The Morgan fingerprint density at radius 2 is 0.737 bits per heavy atom. The molecule has 0 aliphatic heterocycles. The van der Waals surface area contributed by atoms with E-state index in [1.165, 1.54) is 205 Å². The molecule has 4 heteroatoms. The first-order valence-corrected chi connectivity index (χ1v) is 25.4. The van der Waals surface area contributed by atoms with Gasteiger partial charge in [0.15, 0.2) is 0 Å². The predicted molar refractivity (Wildman–Crippen MR) is 253 cm³/mol. The minimum Gasteiger partial charge on any atom is -0.394 e. The molecule has 1 amide bonds. The third kappa shape index (κ3) is 45.3. The summed E-state index contributed by atoms with van der Waals surface area (Å²) in [6, 6.07) is -0.638. The number of amides is 1. The molecule has 0 aromatic rings. The Morgan fingerprint density at radius 1 is 0.421 bits per heavy atom. The van der Waals surface area contributed by atoms with E-state index in [9.17, 15) is 15.0 Å². The van der Waals surface area contributed by atoms with Crippen LogP contribution in [0.25, 0.3) is 0 Å². The van der Waals surface area contributed by atoms with Gasteiger partial charge in [-0.25, -0.2) is 0 Å². The van der Waals surface area contributed by atoms with Crippen molar-refractivity contribution in [3.63, 3.8) is 0 Å². The molecule has 0 aliphatic rings. The molecule has 0 fully saturated rings. The summed E-state index contributed by atoms with van der Waals surface area (Å²) in [4.78, 5) is 12.4. The van der Waals surface area contributed by atoms with Crippen molar-refractivity contribution in [3.8, 4) is 0 Å². The Bertz CT molecular complexity index is 908. The highest BCUT2D eigenvalue weighted by atomic mass is 16.3. The van der Waals surface area contributed by atoms with Gasteiger partial charge in [-0.3, -0.25) is 4.79 Å². The predicted octanol–water partition coefficient (Wildman–Crippen LogP) is 16.3. The van der Waals surface area contributed by atoms with Crippen molar-refractivity contribution in [2.24, 2.45) is 0 Å². The van der Waals surface area contributed by atoms with E-state index in [1.54, 1.807) is 6.08 Å². The molecule has 0 saturated carbocycles. The third-order valence-electron chi connectivity index (χ3n) is 11.5. The van der Waals surface area contributed by atoms with Crippen molar-refractivity contribution < 1.29 is 15.0 Å². The lowest BCUT2D eigenvalue weighted by Crippen LogP contribution is -2.45. The Labute approximate surface area is 356 Å². The van der Waals surface area contributed by atoms with Gasteiger partial charge in [0.2, 0.25) is 5.91 Å². The van der Waals surface area contributed by atoms with Crippen molar-refractivity contribution >= 4 is 5.91 Å². The Balaban J connectivity index is 3.51. The van der Waals surface area contributed by atoms with Crippen LogP contribution in [0.3, 0.4) is 0 Å². The zero-order valence-corrected chi connectivity index (χ0v) is 38.4. The summed E-state index contributed by atoms with van der Waals surface area (Å²) in [5, 5.41) is 23.0. The van der Waals surface area contributed by atoms with Gasteiger partial charge >= 0.3 is 0 Å². The molecule has 3 N–H and O–H groups in total. The van der Waals surface area contributed by atoms with Crippen LogP contribution in [0.5, 0.6) is 0 Å². The maximum Gasteiger partial charge on any atom is 0.220 e. The summed E-state index contributed by atoms with van der Waals surface area (Å²) in [6.07, 6.45) is 66.8. The molecule has 0 saturated heterocycles. The second kappa shape index (κ2) is 48.7. The fraction of sp³-hybridized carbons (Fsp3) is 0.830. The molecule has 334 valence electrons. The van der Waals surface area contributed by atoms with Crippen molar-refractivity contribution in [2.45, 2.75) is 276 Å². The Hall–Kier alpha value is -1.65. The molecule has 0 aromatic carbocycles. The highest BCUT2D eigenvalue weighted by Crippen LogP contribution is 2.16. The number of nitrogens with one attached hydrogen (secondary N) is 1. The maximum absolute atomic E-state index is 12.4. The van der Waals surface area contributed by atoms with E-state index >= 15 is 0 Å². The lowest BCUT2D eigenvalue weighted by Gasteiger charge is -2.19. The quantitative estimate of drug-likeness (QED) is 0.0424. The largest absolute Gasteiger partial charge is 0.394 e. The Kier molecular flexibility index (Phi) is 47.3. The summed E-state index contributed by atoms with van der Waals surface area (Å²) in [5.74, 6) is -0.0720. The van der Waals surface area contributed by atoms with E-state index in [0.29, 0.717) is 6.42 Å². The van der Waals surface area contributed by atoms with Crippen LogP contribution in [-0.2, 0) is 4.79 Å². The van der Waals surface area contributed by atoms with Gasteiger partial charge in [0.05, 0.1) is 18.8 Å². The second-order valence-electron chi connectivity index (χ2n) is 17.2. The molecule has 4 nitrogen and oxygen atoms in total. The fourth-order valence-electron chi connectivity index (χ4n) is 7.64. The first-order chi connectivity index (χ1) is 28.2. The first-order valence-electron chi connectivity index (χ1n) is 25.4. The molecule has 0 aliphatic carbocycles. The van der Waals surface area contributed by atoms with Gasteiger partial charge in [0.1, 0.15) is 0 Å². The SMILES string of the molecule is CCCCCCC/C=C\C/C=C\CCCCCCCCCCCCCCCCCCCC(=O)NC(CO)C(O)/C=C/CC/C=C/CCCCCCCCCCCC. The van der Waals surface area contributed by atoms with Crippen LogP contribution in [0, 0.1) is 0 Å². The van der Waals surface area contributed by atoms with Crippen LogP contribution in [0.1, 0.15) is 264 Å². The van der Waals surface area contributed by atoms with Gasteiger partial charge in [0.25, 0.3) is 0 Å². The third-order valence-corrected chi connectivity index (χ3v) is 11.5. The van der Waals surface area contributed by atoms with Gasteiger partial charge in [0, 0.05) is 6.42 Å². The standard InChI is InChI=1S/C53H99NO3/c1-3-5-7-9-11-13-15-17-19-21-22-23-24-25-26-27-28-29-30-31-32-33-35-37-39-41-43-45-47-49-53(57)54-51(50-55)52(56)48-46-44-42-40-38-36-34-20-18-16-14-12-10-8-6-4-2/h15,17,21-22,38,40,46,48,51-52,55-56H,3-14,16,18-20,23-37,39,41-45,47,49-50H2,1-2H3,(H,54,57)/b17-15-,22-21-,40-38+,48-46+. The minimum atomic E-state index is -0.861. The van der Waals surface area contributed by atoms with Crippen molar-refractivity contribution in [1.82, 2.24) is 5.32 Å². The van der Waals surface area contributed by atoms with Crippen molar-refractivity contribution in [3.05, 3.63) is 48.6 Å². The fourth-order valence-corrected chi connectivity index (χ4v) is 7.64. The average Bonchev–Trinajstić information content (AvgIpc) is 3.22. The highest BCUT2D eigenvalue weighted by Gasteiger charge is 2.17. The van der Waals surface area contributed by atoms with Crippen LogP contribution in [-0.4, -0.2) is 34.9 Å². The highest BCUT2D eigenvalue weighted by molar-refractivity contribution is 5.76. The number of carbonyl (C=O) groups is 1. The smallest absolute Gasteiger partial charge is 0.220 e. The summed E-state index contributed by atoms with van der Waals surface area (Å²) >= 11 is 0. The van der Waals surface area contributed by atoms with Gasteiger partial charge in [-0.05, 0) is 64.2 Å². The number of unbranched alkanes of at least 4 members (excludes halogenated alkanes) is 33. The van der Waals surface area contributed by atoms with Crippen LogP contribution in [0.15, 0.2) is 48.6 Å². The molecular formula is C53H99NO3. The van der Waals surface area contributed by atoms with Crippen LogP contribution in [0.2, 0.25) is 0 Å². The molecule has 2 unspecified atom stereocenters. The molecule has 0 rings (SSSR count). The number of carbonyl (C=O) groups excluding carboxylic acids is 1. The zero-order chi connectivity index (χ0) is 41.4. The maximum atomic E-state index is 12.4.